The summed E-state index contributed by atoms with van der Waals surface area (Å²) < 4.78 is 5.80. The Hall–Kier alpha value is -1.39. The number of nitrogens with one attached hydrogen (secondary N) is 1. The molecule has 114 valence electrons. The van der Waals surface area contributed by atoms with Crippen LogP contribution in [0.3, 0.4) is 0 Å². The molecule has 0 atom stereocenters. The van der Waals surface area contributed by atoms with Crippen molar-refractivity contribution in [1.29, 1.82) is 0 Å². The Morgan fingerprint density at radius 3 is 2.86 bits per heavy atom. The van der Waals surface area contributed by atoms with Crippen molar-refractivity contribution in [3.05, 3.63) is 45.4 Å². The van der Waals surface area contributed by atoms with Crippen LogP contribution in [0.15, 0.2) is 23.6 Å². The number of nitrogens with zero attached hydrogens (tertiary/aromatic N) is 1. The molecule has 2 rings (SSSR count). The van der Waals surface area contributed by atoms with Crippen LogP contribution in [0.25, 0.3) is 0 Å². The first-order valence-electron chi connectivity index (χ1n) is 7.53. The van der Waals surface area contributed by atoms with Gasteiger partial charge in [-0.2, -0.15) is 0 Å². The highest BCUT2D eigenvalue weighted by Crippen LogP contribution is 2.17. The average Bonchev–Trinajstić information content (AvgIpc) is 2.91. The van der Waals surface area contributed by atoms with E-state index < -0.39 is 0 Å². The van der Waals surface area contributed by atoms with Gasteiger partial charge in [0.15, 0.2) is 0 Å². The molecule has 0 aliphatic rings. The van der Waals surface area contributed by atoms with Crippen molar-refractivity contribution >= 4 is 11.3 Å². The summed E-state index contributed by atoms with van der Waals surface area (Å²) in [6.45, 7) is 8.98. The summed E-state index contributed by atoms with van der Waals surface area (Å²) >= 11 is 1.72. The van der Waals surface area contributed by atoms with Gasteiger partial charge in [-0.1, -0.05) is 13.0 Å². The minimum Gasteiger partial charge on any atom is -0.493 e. The molecule has 1 aromatic carbocycles. The van der Waals surface area contributed by atoms with Crippen molar-refractivity contribution in [1.82, 2.24) is 10.3 Å². The SMILES string of the molecule is CCCNCc1csc(CCOc2ccc(C)c(C)c2)n1. The number of hydrogen-bond donors (Lipinski definition) is 1. The van der Waals surface area contributed by atoms with Crippen LogP contribution in [0.1, 0.15) is 35.2 Å². The summed E-state index contributed by atoms with van der Waals surface area (Å²) in [4.78, 5) is 4.62. The molecule has 4 heteroatoms. The number of aromatic nitrogens is 1. The summed E-state index contributed by atoms with van der Waals surface area (Å²) in [5.74, 6) is 0.944. The largest absolute Gasteiger partial charge is 0.493 e. The maximum Gasteiger partial charge on any atom is 0.119 e. The zero-order valence-electron chi connectivity index (χ0n) is 13.1. The fourth-order valence-electron chi connectivity index (χ4n) is 2.00. The molecule has 21 heavy (non-hydrogen) atoms. The van der Waals surface area contributed by atoms with E-state index in [1.165, 1.54) is 11.1 Å². The van der Waals surface area contributed by atoms with Gasteiger partial charge in [0, 0.05) is 18.3 Å². The minimum atomic E-state index is 0.678. The van der Waals surface area contributed by atoms with Gasteiger partial charge in [-0.05, 0) is 50.1 Å². The van der Waals surface area contributed by atoms with Gasteiger partial charge in [0.05, 0.1) is 17.3 Å². The first kappa shape index (κ1) is 16.0. The van der Waals surface area contributed by atoms with Gasteiger partial charge in [-0.3, -0.25) is 0 Å². The molecule has 0 unspecified atom stereocenters. The average molecular weight is 304 g/mol. The highest BCUT2D eigenvalue weighted by molar-refractivity contribution is 7.09. The third-order valence-electron chi connectivity index (χ3n) is 3.40. The van der Waals surface area contributed by atoms with Crippen molar-refractivity contribution in [3.8, 4) is 5.75 Å². The molecular weight excluding hydrogens is 280 g/mol. The predicted molar refractivity (Wildman–Crippen MR) is 89.2 cm³/mol. The second kappa shape index (κ2) is 8.15. The minimum absolute atomic E-state index is 0.678. The fraction of sp³-hybridized carbons (Fsp3) is 0.471. The lowest BCUT2D eigenvalue weighted by Gasteiger charge is -2.07. The van der Waals surface area contributed by atoms with Gasteiger partial charge >= 0.3 is 0 Å². The second-order valence-electron chi connectivity index (χ2n) is 5.25. The van der Waals surface area contributed by atoms with Crippen LogP contribution in [0.4, 0.5) is 0 Å². The predicted octanol–water partition coefficient (Wildman–Crippen LogP) is 3.88. The summed E-state index contributed by atoms with van der Waals surface area (Å²) in [5.41, 5.74) is 3.70. The van der Waals surface area contributed by atoms with E-state index in [1.54, 1.807) is 11.3 Å². The smallest absolute Gasteiger partial charge is 0.119 e. The van der Waals surface area contributed by atoms with Crippen molar-refractivity contribution < 1.29 is 4.74 Å². The van der Waals surface area contributed by atoms with Crippen LogP contribution in [0.5, 0.6) is 5.75 Å². The molecule has 0 amide bonds. The maximum absolute atomic E-state index is 5.80. The van der Waals surface area contributed by atoms with Gasteiger partial charge in [-0.25, -0.2) is 4.98 Å². The molecular formula is C17H24N2OS. The number of aryl methyl sites for hydroxylation is 2. The van der Waals surface area contributed by atoms with E-state index in [0.29, 0.717) is 6.61 Å². The first-order valence-corrected chi connectivity index (χ1v) is 8.41. The lowest BCUT2D eigenvalue weighted by atomic mass is 10.1. The molecule has 1 heterocycles. The molecule has 0 aliphatic carbocycles. The molecule has 0 spiro atoms. The molecule has 3 nitrogen and oxygen atoms in total. The van der Waals surface area contributed by atoms with Gasteiger partial charge in [-0.15, -0.1) is 11.3 Å². The molecule has 1 aromatic heterocycles. The Balaban J connectivity index is 1.76. The third-order valence-corrected chi connectivity index (χ3v) is 4.35. The van der Waals surface area contributed by atoms with Gasteiger partial charge in [0.1, 0.15) is 5.75 Å². The summed E-state index contributed by atoms with van der Waals surface area (Å²) in [5, 5.41) is 6.65. The zero-order chi connectivity index (χ0) is 15.1. The van der Waals surface area contributed by atoms with Crippen molar-refractivity contribution in [2.24, 2.45) is 0 Å². The normalized spacial score (nSPS) is 10.8. The highest BCUT2D eigenvalue weighted by atomic mass is 32.1. The zero-order valence-corrected chi connectivity index (χ0v) is 13.9. The van der Waals surface area contributed by atoms with Crippen molar-refractivity contribution in [2.75, 3.05) is 13.2 Å². The van der Waals surface area contributed by atoms with E-state index >= 15 is 0 Å². The van der Waals surface area contributed by atoms with E-state index in [9.17, 15) is 0 Å². The number of thiazole rings is 1. The fourth-order valence-corrected chi connectivity index (χ4v) is 2.78. The van der Waals surface area contributed by atoms with Crippen LogP contribution in [0, 0.1) is 13.8 Å². The third kappa shape index (κ3) is 5.14. The number of rotatable bonds is 8. The molecule has 0 radical (unpaired) electrons. The second-order valence-corrected chi connectivity index (χ2v) is 6.20. The standard InChI is InChI=1S/C17H24N2OS/c1-4-8-18-11-15-12-21-17(19-15)7-9-20-16-6-5-13(2)14(3)10-16/h5-6,10,12,18H,4,7-9,11H2,1-3H3. The van der Waals surface area contributed by atoms with Gasteiger partial charge in [0.2, 0.25) is 0 Å². The monoisotopic (exact) mass is 304 g/mol. The van der Waals surface area contributed by atoms with Crippen LogP contribution < -0.4 is 10.1 Å². The van der Waals surface area contributed by atoms with E-state index in [2.05, 4.69) is 48.6 Å². The van der Waals surface area contributed by atoms with E-state index in [4.69, 9.17) is 4.74 Å². The number of hydrogen-bond acceptors (Lipinski definition) is 4. The van der Waals surface area contributed by atoms with Crippen molar-refractivity contribution in [3.63, 3.8) is 0 Å². The Labute approximate surface area is 131 Å². The van der Waals surface area contributed by atoms with Crippen LogP contribution >= 0.6 is 11.3 Å². The van der Waals surface area contributed by atoms with Crippen LogP contribution in [0.2, 0.25) is 0 Å². The maximum atomic E-state index is 5.80. The van der Waals surface area contributed by atoms with Gasteiger partial charge < -0.3 is 10.1 Å². The topological polar surface area (TPSA) is 34.1 Å². The lowest BCUT2D eigenvalue weighted by Crippen LogP contribution is -2.14. The molecule has 0 bridgehead atoms. The lowest BCUT2D eigenvalue weighted by molar-refractivity contribution is 0.321. The molecule has 0 saturated carbocycles. The number of benzene rings is 1. The highest BCUT2D eigenvalue weighted by Gasteiger charge is 2.03. The summed E-state index contributed by atoms with van der Waals surface area (Å²) in [6.07, 6.45) is 2.02. The van der Waals surface area contributed by atoms with Crippen molar-refractivity contribution in [2.45, 2.75) is 40.2 Å². The Kier molecular flexibility index (Phi) is 6.21. The van der Waals surface area contributed by atoms with Gasteiger partial charge in [0.25, 0.3) is 0 Å². The molecule has 0 fully saturated rings. The van der Waals surface area contributed by atoms with E-state index in [0.717, 1.165) is 42.4 Å². The number of ether oxygens (including phenoxy) is 1. The van der Waals surface area contributed by atoms with E-state index in [-0.39, 0.29) is 0 Å². The first-order chi connectivity index (χ1) is 10.2. The molecule has 1 N–H and O–H groups in total. The quantitative estimate of drug-likeness (QED) is 0.752. The molecule has 0 aliphatic heterocycles. The summed E-state index contributed by atoms with van der Waals surface area (Å²) in [6, 6.07) is 6.23. The Bertz CT molecular complexity index is 566. The van der Waals surface area contributed by atoms with Crippen LogP contribution in [-0.2, 0) is 13.0 Å². The Morgan fingerprint density at radius 2 is 2.10 bits per heavy atom. The molecule has 0 saturated heterocycles. The van der Waals surface area contributed by atoms with E-state index in [1.807, 2.05) is 6.07 Å². The Morgan fingerprint density at radius 1 is 1.24 bits per heavy atom. The summed E-state index contributed by atoms with van der Waals surface area (Å²) in [7, 11) is 0. The van der Waals surface area contributed by atoms with Crippen LogP contribution in [-0.4, -0.2) is 18.1 Å². The molecule has 2 aromatic rings.